The molecule has 1 heterocycles. The third kappa shape index (κ3) is 11.9. The van der Waals surface area contributed by atoms with Crippen molar-refractivity contribution in [3.8, 4) is 23.3 Å². The van der Waals surface area contributed by atoms with Crippen LogP contribution in [0.4, 0.5) is 0 Å². The van der Waals surface area contributed by atoms with Crippen molar-refractivity contribution in [2.45, 2.75) is 76.9 Å². The third-order valence-electron chi connectivity index (χ3n) is 6.13. The lowest BCUT2D eigenvalue weighted by Crippen LogP contribution is -2.22. The minimum absolute atomic E-state index is 0.0266. The molecule has 0 aliphatic carbocycles. The Bertz CT molecular complexity index is 876. The summed E-state index contributed by atoms with van der Waals surface area (Å²) in [5, 5.41) is 8.80. The first-order valence-electron chi connectivity index (χ1n) is 13.7. The van der Waals surface area contributed by atoms with Crippen LogP contribution in [0.3, 0.4) is 0 Å². The summed E-state index contributed by atoms with van der Waals surface area (Å²) >= 11 is 0. The molecule has 2 aromatic carbocycles. The summed E-state index contributed by atoms with van der Waals surface area (Å²) < 4.78 is 23.0. The second kappa shape index (κ2) is 17.8. The second-order valence-corrected chi connectivity index (χ2v) is 9.21. The predicted octanol–water partition coefficient (Wildman–Crippen LogP) is 6.50. The number of ether oxygens (including phenoxy) is 4. The van der Waals surface area contributed by atoms with Gasteiger partial charge in [0.15, 0.2) is 6.29 Å². The van der Waals surface area contributed by atoms with Crippen molar-refractivity contribution in [2.75, 3.05) is 33.0 Å². The van der Waals surface area contributed by atoms with Crippen molar-refractivity contribution in [3.63, 3.8) is 0 Å². The van der Waals surface area contributed by atoms with Crippen LogP contribution in [0.2, 0.25) is 0 Å². The molecule has 0 spiro atoms. The molecule has 0 saturated carbocycles. The molecule has 1 N–H and O–H groups in total. The van der Waals surface area contributed by atoms with E-state index in [1.807, 2.05) is 48.5 Å². The van der Waals surface area contributed by atoms with Gasteiger partial charge in [0.25, 0.3) is 0 Å². The normalized spacial score (nSPS) is 15.2. The molecule has 1 saturated heterocycles. The maximum atomic E-state index is 8.80. The van der Waals surface area contributed by atoms with E-state index in [0.717, 1.165) is 107 Å². The Morgan fingerprint density at radius 3 is 1.69 bits per heavy atom. The smallest absolute Gasteiger partial charge is 0.157 e. The van der Waals surface area contributed by atoms with Crippen LogP contribution >= 0.6 is 0 Å². The molecule has 0 aromatic heterocycles. The average Bonchev–Trinajstić information content (AvgIpc) is 2.93. The Balaban J connectivity index is 1.25. The number of hydrogen-bond acceptors (Lipinski definition) is 5. The number of hydrogen-bond donors (Lipinski definition) is 1. The Labute approximate surface area is 217 Å². The Morgan fingerprint density at radius 1 is 0.667 bits per heavy atom. The zero-order chi connectivity index (χ0) is 25.1. The van der Waals surface area contributed by atoms with Crippen LogP contribution in [0.1, 0.15) is 81.8 Å². The van der Waals surface area contributed by atoms with E-state index in [1.54, 1.807) is 0 Å². The van der Waals surface area contributed by atoms with Gasteiger partial charge in [0.05, 0.1) is 13.2 Å². The molecule has 1 unspecified atom stereocenters. The second-order valence-electron chi connectivity index (χ2n) is 9.21. The van der Waals surface area contributed by atoms with Crippen LogP contribution < -0.4 is 9.47 Å². The first-order valence-corrected chi connectivity index (χ1v) is 13.7. The lowest BCUT2D eigenvalue weighted by molar-refractivity contribution is -0.162. The van der Waals surface area contributed by atoms with Crippen LogP contribution in [0.15, 0.2) is 48.5 Å². The van der Waals surface area contributed by atoms with E-state index in [0.29, 0.717) is 6.61 Å². The van der Waals surface area contributed by atoms with Crippen LogP contribution in [0, 0.1) is 11.8 Å². The Hall–Kier alpha value is -2.52. The molecule has 2 aromatic rings. The van der Waals surface area contributed by atoms with Gasteiger partial charge < -0.3 is 24.1 Å². The number of benzene rings is 2. The van der Waals surface area contributed by atoms with E-state index in [4.69, 9.17) is 24.1 Å². The van der Waals surface area contributed by atoms with Gasteiger partial charge >= 0.3 is 0 Å². The fraction of sp³-hybridized carbons (Fsp3) is 0.548. The van der Waals surface area contributed by atoms with Crippen molar-refractivity contribution in [2.24, 2.45) is 0 Å². The first kappa shape index (κ1) is 28.1. The van der Waals surface area contributed by atoms with Crippen molar-refractivity contribution in [1.82, 2.24) is 0 Å². The zero-order valence-corrected chi connectivity index (χ0v) is 21.6. The molecule has 36 heavy (non-hydrogen) atoms. The highest BCUT2D eigenvalue weighted by Crippen LogP contribution is 2.16. The molecule has 1 aliphatic heterocycles. The highest BCUT2D eigenvalue weighted by atomic mass is 16.7. The van der Waals surface area contributed by atoms with Gasteiger partial charge in [0, 0.05) is 30.9 Å². The van der Waals surface area contributed by atoms with E-state index >= 15 is 0 Å². The van der Waals surface area contributed by atoms with Gasteiger partial charge in [-0.3, -0.25) is 0 Å². The van der Waals surface area contributed by atoms with Crippen LogP contribution in [-0.2, 0) is 9.47 Å². The standard InChI is InChI=1S/C31H42O5/c32-22-6-1-2-7-23-33-29-18-14-27(15-19-29)12-13-28-16-20-30(21-17-28)34-24-8-3-4-9-25-35-31-11-5-10-26-36-31/h14-21,31-32H,1-11,22-26H2. The highest BCUT2D eigenvalue weighted by Gasteiger charge is 2.13. The average molecular weight is 495 g/mol. The van der Waals surface area contributed by atoms with E-state index < -0.39 is 0 Å². The summed E-state index contributed by atoms with van der Waals surface area (Å²) in [6.07, 6.45) is 11.9. The third-order valence-corrected chi connectivity index (χ3v) is 6.13. The Morgan fingerprint density at radius 2 is 1.19 bits per heavy atom. The van der Waals surface area contributed by atoms with Crippen LogP contribution in [-0.4, -0.2) is 44.4 Å². The molecule has 196 valence electrons. The molecule has 1 aliphatic rings. The molecule has 0 radical (unpaired) electrons. The van der Waals surface area contributed by atoms with E-state index in [2.05, 4.69) is 11.8 Å². The van der Waals surface area contributed by atoms with Crippen molar-refractivity contribution in [3.05, 3.63) is 59.7 Å². The molecule has 1 atom stereocenters. The maximum Gasteiger partial charge on any atom is 0.157 e. The van der Waals surface area contributed by atoms with Crippen molar-refractivity contribution >= 4 is 0 Å². The first-order chi connectivity index (χ1) is 17.8. The zero-order valence-electron chi connectivity index (χ0n) is 21.6. The van der Waals surface area contributed by atoms with E-state index in [-0.39, 0.29) is 12.9 Å². The molecule has 0 amide bonds. The molecule has 3 rings (SSSR count). The molecule has 1 fully saturated rings. The predicted molar refractivity (Wildman–Crippen MR) is 143 cm³/mol. The molecular formula is C31H42O5. The fourth-order valence-corrected chi connectivity index (χ4v) is 3.98. The van der Waals surface area contributed by atoms with Gasteiger partial charge in [-0.1, -0.05) is 24.7 Å². The van der Waals surface area contributed by atoms with Gasteiger partial charge in [-0.2, -0.15) is 0 Å². The molecule has 5 heteroatoms. The topological polar surface area (TPSA) is 57.2 Å². The van der Waals surface area contributed by atoms with Crippen LogP contribution in [0.5, 0.6) is 11.5 Å². The summed E-state index contributed by atoms with van der Waals surface area (Å²) in [4.78, 5) is 0. The summed E-state index contributed by atoms with van der Waals surface area (Å²) in [5.74, 6) is 8.17. The summed E-state index contributed by atoms with van der Waals surface area (Å²) in [7, 11) is 0. The molecule has 5 nitrogen and oxygen atoms in total. The van der Waals surface area contributed by atoms with Gasteiger partial charge in [0.1, 0.15) is 11.5 Å². The largest absolute Gasteiger partial charge is 0.494 e. The minimum atomic E-state index is 0.0266. The summed E-state index contributed by atoms with van der Waals surface area (Å²) in [6, 6.07) is 15.9. The van der Waals surface area contributed by atoms with Gasteiger partial charge in [-0.05, 0) is 106 Å². The number of unbranched alkanes of at least 4 members (excludes halogenated alkanes) is 6. The lowest BCUT2D eigenvalue weighted by Gasteiger charge is -2.22. The number of aliphatic hydroxyl groups excluding tert-OH is 1. The van der Waals surface area contributed by atoms with E-state index in [1.165, 1.54) is 6.42 Å². The van der Waals surface area contributed by atoms with Crippen molar-refractivity contribution in [1.29, 1.82) is 0 Å². The minimum Gasteiger partial charge on any atom is -0.494 e. The fourth-order valence-electron chi connectivity index (χ4n) is 3.98. The summed E-state index contributed by atoms with van der Waals surface area (Å²) in [5.41, 5.74) is 1.93. The molecular weight excluding hydrogens is 452 g/mol. The van der Waals surface area contributed by atoms with Gasteiger partial charge in [-0.25, -0.2) is 0 Å². The maximum absolute atomic E-state index is 8.80. The monoisotopic (exact) mass is 494 g/mol. The Kier molecular flexibility index (Phi) is 13.9. The van der Waals surface area contributed by atoms with Crippen molar-refractivity contribution < 1.29 is 24.1 Å². The lowest BCUT2D eigenvalue weighted by atomic mass is 10.1. The highest BCUT2D eigenvalue weighted by molar-refractivity contribution is 5.45. The quantitative estimate of drug-likeness (QED) is 0.213. The molecule has 0 bridgehead atoms. The SMILES string of the molecule is OCCCCCCOc1ccc(C#Cc2ccc(OCCCCCCOC3CCCCO3)cc2)cc1. The number of rotatable bonds is 16. The number of aliphatic hydroxyl groups is 1. The van der Waals surface area contributed by atoms with Crippen LogP contribution in [0.25, 0.3) is 0 Å². The summed E-state index contributed by atoms with van der Waals surface area (Å²) in [6.45, 7) is 3.34. The van der Waals surface area contributed by atoms with E-state index in [9.17, 15) is 0 Å². The van der Waals surface area contributed by atoms with Gasteiger partial charge in [-0.15, -0.1) is 0 Å². The van der Waals surface area contributed by atoms with Gasteiger partial charge in [0.2, 0.25) is 0 Å².